The Hall–Kier alpha value is -3.00. The number of hydrogen-bond donors (Lipinski definition) is 3. The van der Waals surface area contributed by atoms with E-state index in [1.165, 1.54) is 13.8 Å². The second kappa shape index (κ2) is 10.4. The van der Waals surface area contributed by atoms with Gasteiger partial charge in [0, 0.05) is 31.7 Å². The molecule has 2 aromatic carbocycles. The highest BCUT2D eigenvalue weighted by atomic mass is 32.2. The fourth-order valence-electron chi connectivity index (χ4n) is 4.61. The third-order valence-corrected chi connectivity index (χ3v) is 10.7. The minimum atomic E-state index is -3.65. The highest BCUT2D eigenvalue weighted by molar-refractivity contribution is 7.91. The number of hydroxylamine groups is 1. The lowest BCUT2D eigenvalue weighted by Gasteiger charge is -2.31. The Bertz CT molecular complexity index is 1390. The minimum absolute atomic E-state index is 0.0258. The van der Waals surface area contributed by atoms with Gasteiger partial charge in [0.1, 0.15) is 0 Å². The average molecular weight is 551 g/mol. The normalized spacial score (nSPS) is 21.5. The van der Waals surface area contributed by atoms with Crippen molar-refractivity contribution >= 4 is 37.4 Å². The molecule has 2 aliphatic rings. The monoisotopic (exact) mass is 550 g/mol. The van der Waals surface area contributed by atoms with Crippen LogP contribution in [0.4, 0.5) is 5.69 Å². The number of carbonyl (C=O) groups is 2. The van der Waals surface area contributed by atoms with Crippen LogP contribution >= 0.6 is 0 Å². The molecule has 3 N–H and O–H groups in total. The molecule has 0 aliphatic carbocycles. The maximum Gasteiger partial charge on any atom is 0.251 e. The van der Waals surface area contributed by atoms with Gasteiger partial charge < -0.3 is 10.2 Å². The van der Waals surface area contributed by atoms with Crippen LogP contribution in [0.15, 0.2) is 53.4 Å². The van der Waals surface area contributed by atoms with E-state index in [4.69, 9.17) is 5.21 Å². The van der Waals surface area contributed by atoms with Crippen molar-refractivity contribution in [1.29, 1.82) is 0 Å². The number of sulfonamides is 1. The third-order valence-electron chi connectivity index (χ3n) is 6.77. The molecule has 2 atom stereocenters. The lowest BCUT2D eigenvalue weighted by molar-refractivity contribution is -0.133. The van der Waals surface area contributed by atoms with Gasteiger partial charge in [0.15, 0.2) is 9.84 Å². The minimum Gasteiger partial charge on any atom is -0.365 e. The van der Waals surface area contributed by atoms with Gasteiger partial charge >= 0.3 is 0 Å². The molecule has 0 saturated carbocycles. The number of nitrogens with one attached hydrogen (secondary N) is 2. The first kappa shape index (κ1) is 27.0. The number of rotatable bonds is 7. The molecule has 2 heterocycles. The quantitative estimate of drug-likeness (QED) is 0.337. The van der Waals surface area contributed by atoms with Crippen LogP contribution in [0, 0.1) is 5.92 Å². The van der Waals surface area contributed by atoms with Crippen molar-refractivity contribution in [1.82, 2.24) is 15.1 Å². The molecular weight excluding hydrogens is 520 g/mol. The van der Waals surface area contributed by atoms with E-state index < -0.39 is 48.9 Å². The van der Waals surface area contributed by atoms with Crippen molar-refractivity contribution in [3.63, 3.8) is 0 Å². The molecule has 1 saturated heterocycles. The van der Waals surface area contributed by atoms with E-state index >= 15 is 0 Å². The molecule has 1 fully saturated rings. The van der Waals surface area contributed by atoms with Gasteiger partial charge in [-0.1, -0.05) is 24.3 Å². The standard InChI is InChI=1S/C24H30N4O7S2/c1-16(2)37(34,35)28-14-19(24(30)26-31)20(15-28)25-23(29)18-9-7-17(8-10-18)13-27-11-12-36(32,33)22-6-4-3-5-21(22)27/h3-10,16,19-20,31H,11-15H2,1-2H3,(H,25,29)(H,26,30)/t19-,20+/m0/s1. The zero-order chi connectivity index (χ0) is 27.0. The van der Waals surface area contributed by atoms with Gasteiger partial charge in [-0.2, -0.15) is 4.31 Å². The lowest BCUT2D eigenvalue weighted by Crippen LogP contribution is -2.45. The molecule has 0 spiro atoms. The Morgan fingerprint density at radius 3 is 2.41 bits per heavy atom. The predicted octanol–water partition coefficient (Wildman–Crippen LogP) is 0.754. The van der Waals surface area contributed by atoms with E-state index in [1.807, 2.05) is 4.90 Å². The van der Waals surface area contributed by atoms with E-state index in [1.54, 1.807) is 54.0 Å². The zero-order valence-electron chi connectivity index (χ0n) is 20.5. The number of fused-ring (bicyclic) bond motifs is 1. The predicted molar refractivity (Wildman–Crippen MR) is 136 cm³/mol. The summed E-state index contributed by atoms with van der Waals surface area (Å²) in [5.74, 6) is -2.17. The number of hydrogen-bond acceptors (Lipinski definition) is 8. The summed E-state index contributed by atoms with van der Waals surface area (Å²) in [5.41, 5.74) is 3.39. The number of carbonyl (C=O) groups excluding carboxylic acids is 2. The largest absolute Gasteiger partial charge is 0.365 e. The molecule has 0 radical (unpaired) electrons. The van der Waals surface area contributed by atoms with Crippen LogP contribution in [0.25, 0.3) is 0 Å². The summed E-state index contributed by atoms with van der Waals surface area (Å²) in [6.45, 7) is 3.64. The number of amides is 2. The van der Waals surface area contributed by atoms with E-state index in [2.05, 4.69) is 5.32 Å². The summed E-state index contributed by atoms with van der Waals surface area (Å²) in [7, 11) is -6.96. The number of benzene rings is 2. The van der Waals surface area contributed by atoms with Crippen LogP contribution < -0.4 is 15.7 Å². The molecule has 0 aromatic heterocycles. The highest BCUT2D eigenvalue weighted by Gasteiger charge is 2.44. The maximum atomic E-state index is 12.9. The highest BCUT2D eigenvalue weighted by Crippen LogP contribution is 2.31. The fraction of sp³-hybridized carbons (Fsp3) is 0.417. The van der Waals surface area contributed by atoms with Gasteiger partial charge in [-0.3, -0.25) is 14.8 Å². The number of anilines is 1. The van der Waals surface area contributed by atoms with Gasteiger partial charge in [0.25, 0.3) is 5.91 Å². The van der Waals surface area contributed by atoms with Gasteiger partial charge in [-0.25, -0.2) is 22.3 Å². The first-order valence-corrected chi connectivity index (χ1v) is 15.0. The molecule has 2 aromatic rings. The molecule has 2 amide bonds. The molecule has 0 unspecified atom stereocenters. The van der Waals surface area contributed by atoms with Crippen molar-refractivity contribution in [2.45, 2.75) is 36.6 Å². The molecule has 2 aliphatic heterocycles. The zero-order valence-corrected chi connectivity index (χ0v) is 22.1. The van der Waals surface area contributed by atoms with Crippen molar-refractivity contribution in [2.75, 3.05) is 30.3 Å². The van der Waals surface area contributed by atoms with Gasteiger partial charge in [0.2, 0.25) is 15.9 Å². The summed E-state index contributed by atoms with van der Waals surface area (Å²) in [4.78, 5) is 27.4. The summed E-state index contributed by atoms with van der Waals surface area (Å²) < 4.78 is 51.1. The molecule has 11 nitrogen and oxygen atoms in total. The van der Waals surface area contributed by atoms with E-state index in [0.29, 0.717) is 29.2 Å². The van der Waals surface area contributed by atoms with Gasteiger partial charge in [-0.05, 0) is 43.7 Å². The van der Waals surface area contributed by atoms with Crippen LogP contribution in [-0.4, -0.2) is 74.8 Å². The van der Waals surface area contributed by atoms with Crippen LogP contribution in [0.3, 0.4) is 0 Å². The van der Waals surface area contributed by atoms with Crippen molar-refractivity contribution < 1.29 is 31.6 Å². The SMILES string of the molecule is CC(C)S(=O)(=O)N1C[C@H](C(=O)NO)[C@H](NC(=O)c2ccc(CN3CCS(=O)(=O)c4ccccc43)cc2)C1. The maximum absolute atomic E-state index is 12.9. The molecule has 13 heteroatoms. The van der Waals surface area contributed by atoms with E-state index in [-0.39, 0.29) is 18.8 Å². The Labute approximate surface area is 216 Å². The summed E-state index contributed by atoms with van der Waals surface area (Å²) in [6, 6.07) is 12.8. The first-order valence-electron chi connectivity index (χ1n) is 11.8. The molecule has 4 rings (SSSR count). The Morgan fingerprint density at radius 2 is 1.76 bits per heavy atom. The molecule has 37 heavy (non-hydrogen) atoms. The first-order chi connectivity index (χ1) is 17.4. The topological polar surface area (TPSA) is 153 Å². The van der Waals surface area contributed by atoms with Crippen molar-refractivity contribution in [3.8, 4) is 0 Å². The summed E-state index contributed by atoms with van der Waals surface area (Å²) in [6.07, 6.45) is 0. The van der Waals surface area contributed by atoms with Crippen LogP contribution in [0.2, 0.25) is 0 Å². The number of para-hydroxylation sites is 1. The summed E-state index contributed by atoms with van der Waals surface area (Å²) in [5, 5.41) is 11.1. The molecule has 200 valence electrons. The third kappa shape index (κ3) is 5.49. The van der Waals surface area contributed by atoms with E-state index in [9.17, 15) is 26.4 Å². The Morgan fingerprint density at radius 1 is 1.08 bits per heavy atom. The van der Waals surface area contributed by atoms with Gasteiger partial charge in [0.05, 0.1) is 33.5 Å². The summed E-state index contributed by atoms with van der Waals surface area (Å²) >= 11 is 0. The Balaban J connectivity index is 1.46. The smallest absolute Gasteiger partial charge is 0.251 e. The second-order valence-corrected chi connectivity index (χ2v) is 14.0. The Kier molecular flexibility index (Phi) is 7.60. The number of sulfone groups is 1. The fourth-order valence-corrected chi connectivity index (χ4v) is 7.42. The lowest BCUT2D eigenvalue weighted by atomic mass is 10.0. The second-order valence-electron chi connectivity index (χ2n) is 9.48. The van der Waals surface area contributed by atoms with E-state index in [0.717, 1.165) is 9.87 Å². The average Bonchev–Trinajstić information content (AvgIpc) is 3.30. The molecular formula is C24H30N4O7S2. The van der Waals surface area contributed by atoms with Crippen molar-refractivity contribution in [2.24, 2.45) is 5.92 Å². The van der Waals surface area contributed by atoms with Crippen LogP contribution in [-0.2, 0) is 31.2 Å². The van der Waals surface area contributed by atoms with Crippen LogP contribution in [0.5, 0.6) is 0 Å². The molecule has 0 bridgehead atoms. The van der Waals surface area contributed by atoms with Crippen molar-refractivity contribution in [3.05, 3.63) is 59.7 Å². The van der Waals surface area contributed by atoms with Crippen LogP contribution in [0.1, 0.15) is 29.8 Å². The number of nitrogens with zero attached hydrogens (tertiary/aromatic N) is 2. The van der Waals surface area contributed by atoms with Gasteiger partial charge in [-0.15, -0.1) is 0 Å².